The van der Waals surface area contributed by atoms with Gasteiger partial charge in [-0.2, -0.15) is 0 Å². The maximum Gasteiger partial charge on any atom is 0.335 e. The predicted octanol–water partition coefficient (Wildman–Crippen LogP) is 0.0501. The van der Waals surface area contributed by atoms with Crippen LogP contribution >= 0.6 is 0 Å². The Morgan fingerprint density at radius 3 is 1.90 bits per heavy atom. The number of aliphatic hydroxyl groups excluding tert-OH is 1. The van der Waals surface area contributed by atoms with Gasteiger partial charge in [0.05, 0.1) is 30.4 Å². The zero-order valence-electron chi connectivity index (χ0n) is 10.8. The lowest BCUT2D eigenvalue weighted by Gasteiger charge is -2.21. The number of ether oxygens (including phenoxy) is 1. The molecule has 7 heteroatoms. The van der Waals surface area contributed by atoms with E-state index in [1.165, 1.54) is 24.3 Å². The number of benzene rings is 1. The number of morpholine rings is 1. The van der Waals surface area contributed by atoms with E-state index in [2.05, 4.69) is 5.32 Å². The number of hydrogen-bond acceptors (Lipinski definition) is 5. The molecule has 0 aliphatic carbocycles. The van der Waals surface area contributed by atoms with Crippen molar-refractivity contribution >= 4 is 11.9 Å². The molecule has 1 aromatic rings. The third kappa shape index (κ3) is 5.35. The van der Waals surface area contributed by atoms with Crippen molar-refractivity contribution in [3.8, 4) is 0 Å². The smallest absolute Gasteiger partial charge is 0.335 e. The van der Waals surface area contributed by atoms with Crippen LogP contribution in [-0.2, 0) is 4.74 Å². The van der Waals surface area contributed by atoms with Crippen LogP contribution in [0.3, 0.4) is 0 Å². The van der Waals surface area contributed by atoms with E-state index in [9.17, 15) is 9.59 Å². The molecule has 0 amide bonds. The Hall–Kier alpha value is -1.96. The molecule has 4 N–H and O–H groups in total. The summed E-state index contributed by atoms with van der Waals surface area (Å²) in [6.07, 6.45) is 0.0312. The van der Waals surface area contributed by atoms with Crippen molar-refractivity contribution in [2.24, 2.45) is 0 Å². The van der Waals surface area contributed by atoms with E-state index in [-0.39, 0.29) is 23.8 Å². The van der Waals surface area contributed by atoms with Crippen LogP contribution in [0.2, 0.25) is 0 Å². The van der Waals surface area contributed by atoms with Gasteiger partial charge in [-0.25, -0.2) is 9.59 Å². The van der Waals surface area contributed by atoms with E-state index in [0.717, 1.165) is 19.7 Å². The maximum absolute atomic E-state index is 10.3. The molecule has 0 saturated carbocycles. The summed E-state index contributed by atoms with van der Waals surface area (Å²) in [7, 11) is 0. The van der Waals surface area contributed by atoms with Crippen molar-refractivity contribution in [3.63, 3.8) is 0 Å². The molecular weight excluding hydrogens is 266 g/mol. The van der Waals surface area contributed by atoms with Gasteiger partial charge in [0.15, 0.2) is 0 Å². The van der Waals surface area contributed by atoms with Crippen molar-refractivity contribution < 1.29 is 29.6 Å². The summed E-state index contributed by atoms with van der Waals surface area (Å²) in [5.74, 6) is -2.13. The third-order valence-corrected chi connectivity index (χ3v) is 2.59. The Morgan fingerprint density at radius 1 is 1.15 bits per heavy atom. The van der Waals surface area contributed by atoms with E-state index in [0.29, 0.717) is 0 Å². The highest BCUT2D eigenvalue weighted by atomic mass is 16.5. The summed E-state index contributed by atoms with van der Waals surface area (Å²) < 4.78 is 5.11. The van der Waals surface area contributed by atoms with Crippen molar-refractivity contribution in [2.45, 2.75) is 6.10 Å². The molecule has 1 fully saturated rings. The minimum atomic E-state index is -1.06. The second-order valence-electron chi connectivity index (χ2n) is 4.07. The normalized spacial score (nSPS) is 17.8. The highest BCUT2D eigenvalue weighted by Crippen LogP contribution is 2.03. The zero-order chi connectivity index (χ0) is 15.0. The van der Waals surface area contributed by atoms with Crippen LogP contribution < -0.4 is 5.32 Å². The highest BCUT2D eigenvalue weighted by Gasteiger charge is 2.10. The number of aromatic carboxylic acids is 2. The summed E-state index contributed by atoms with van der Waals surface area (Å²) in [6.45, 7) is 2.56. The molecule has 1 aliphatic rings. The molecule has 0 spiro atoms. The highest BCUT2D eigenvalue weighted by molar-refractivity contribution is 5.91. The van der Waals surface area contributed by atoms with Gasteiger partial charge in [-0.3, -0.25) is 0 Å². The van der Waals surface area contributed by atoms with Gasteiger partial charge in [0.25, 0.3) is 0 Å². The van der Waals surface area contributed by atoms with Crippen LogP contribution in [-0.4, -0.2) is 59.7 Å². The van der Waals surface area contributed by atoms with Gasteiger partial charge in [0.1, 0.15) is 0 Å². The van der Waals surface area contributed by atoms with Gasteiger partial charge in [-0.1, -0.05) is 0 Å². The molecule has 7 nitrogen and oxygen atoms in total. The minimum absolute atomic E-state index is 0.0312. The first kappa shape index (κ1) is 16.1. The first-order valence-corrected chi connectivity index (χ1v) is 6.04. The number of carboxylic acid groups (broad SMARTS) is 2. The molecule has 1 aliphatic heterocycles. The molecule has 0 aromatic heterocycles. The summed E-state index contributed by atoms with van der Waals surface area (Å²) in [5.41, 5.74) is 0.167. The third-order valence-electron chi connectivity index (χ3n) is 2.59. The predicted molar refractivity (Wildman–Crippen MR) is 70.1 cm³/mol. The molecule has 2 rings (SSSR count). The molecule has 1 atom stereocenters. The van der Waals surface area contributed by atoms with Crippen LogP contribution in [0.25, 0.3) is 0 Å². The van der Waals surface area contributed by atoms with E-state index in [4.69, 9.17) is 20.1 Å². The minimum Gasteiger partial charge on any atom is -0.478 e. The van der Waals surface area contributed by atoms with E-state index < -0.39 is 11.9 Å². The standard InChI is InChI=1S/C8H6O4.C5H11NO2/c9-7(10)5-1-2-6(4-3-5)8(11)12;7-4-5-3-6-1-2-8-5/h1-4H,(H,9,10)(H,11,12);5-7H,1-4H2. The SMILES string of the molecule is O=C(O)c1ccc(C(=O)O)cc1.OCC1CNCCO1. The Bertz CT molecular complexity index is 406. The van der Waals surface area contributed by atoms with E-state index in [1.54, 1.807) is 0 Å². The molecule has 110 valence electrons. The van der Waals surface area contributed by atoms with Crippen molar-refractivity contribution in [1.29, 1.82) is 0 Å². The Morgan fingerprint density at radius 2 is 1.65 bits per heavy atom. The molecule has 20 heavy (non-hydrogen) atoms. The number of carboxylic acids is 2. The monoisotopic (exact) mass is 283 g/mol. The van der Waals surface area contributed by atoms with Gasteiger partial charge >= 0.3 is 11.9 Å². The van der Waals surface area contributed by atoms with Crippen molar-refractivity contribution in [1.82, 2.24) is 5.32 Å². The van der Waals surface area contributed by atoms with Gasteiger partial charge in [0, 0.05) is 13.1 Å². The zero-order valence-corrected chi connectivity index (χ0v) is 10.8. The lowest BCUT2D eigenvalue weighted by atomic mass is 10.1. The van der Waals surface area contributed by atoms with Crippen molar-refractivity contribution in [3.05, 3.63) is 35.4 Å². The fraction of sp³-hybridized carbons (Fsp3) is 0.385. The molecule has 1 aromatic carbocycles. The Balaban J connectivity index is 0.000000217. The largest absolute Gasteiger partial charge is 0.478 e. The van der Waals surface area contributed by atoms with E-state index >= 15 is 0 Å². The fourth-order valence-corrected chi connectivity index (χ4v) is 1.49. The summed E-state index contributed by atoms with van der Waals surface area (Å²) in [4.78, 5) is 20.7. The van der Waals surface area contributed by atoms with Crippen molar-refractivity contribution in [2.75, 3.05) is 26.3 Å². The summed E-state index contributed by atoms with van der Waals surface area (Å²) in [6, 6.07) is 5.02. The molecule has 1 saturated heterocycles. The second kappa shape index (κ2) is 8.26. The lowest BCUT2D eigenvalue weighted by Crippen LogP contribution is -2.40. The molecule has 0 bridgehead atoms. The number of aliphatic hydroxyl groups is 1. The van der Waals surface area contributed by atoms with Gasteiger partial charge < -0.3 is 25.4 Å². The summed E-state index contributed by atoms with van der Waals surface area (Å²) in [5, 5.41) is 28.6. The molecule has 1 unspecified atom stereocenters. The van der Waals surface area contributed by atoms with E-state index in [1.807, 2.05) is 0 Å². The fourth-order valence-electron chi connectivity index (χ4n) is 1.49. The topological polar surface area (TPSA) is 116 Å². The molecule has 0 radical (unpaired) electrons. The first-order chi connectivity index (χ1) is 9.54. The summed E-state index contributed by atoms with van der Waals surface area (Å²) >= 11 is 0. The number of nitrogens with one attached hydrogen (secondary N) is 1. The molecular formula is C13H17NO6. The number of rotatable bonds is 3. The maximum atomic E-state index is 10.3. The number of carbonyl (C=O) groups is 2. The average Bonchev–Trinajstić information content (AvgIpc) is 2.48. The average molecular weight is 283 g/mol. The van der Waals surface area contributed by atoms with Crippen LogP contribution in [0, 0.1) is 0 Å². The van der Waals surface area contributed by atoms with Crippen LogP contribution in [0.5, 0.6) is 0 Å². The quantitative estimate of drug-likeness (QED) is 0.619. The van der Waals surface area contributed by atoms with Gasteiger partial charge in [-0.05, 0) is 24.3 Å². The van der Waals surface area contributed by atoms with Crippen LogP contribution in [0.4, 0.5) is 0 Å². The molecule has 1 heterocycles. The van der Waals surface area contributed by atoms with Gasteiger partial charge in [-0.15, -0.1) is 0 Å². The Labute approximate surface area is 115 Å². The second-order valence-corrected chi connectivity index (χ2v) is 4.07. The lowest BCUT2D eigenvalue weighted by molar-refractivity contribution is -0.00618. The van der Waals surface area contributed by atoms with Crippen LogP contribution in [0.1, 0.15) is 20.7 Å². The first-order valence-electron chi connectivity index (χ1n) is 6.04. The van der Waals surface area contributed by atoms with Gasteiger partial charge in [0.2, 0.25) is 0 Å². The van der Waals surface area contributed by atoms with Crippen LogP contribution in [0.15, 0.2) is 24.3 Å². The Kier molecular flexibility index (Phi) is 6.65. The number of hydrogen-bond donors (Lipinski definition) is 4.